The summed E-state index contributed by atoms with van der Waals surface area (Å²) < 4.78 is 30.2. The standard InChI is InChI=1S/C19H17NO4S/c1-14-7-9-15(10-8-14)13-20-19(21)17-11-12-18(24-17)25(22,23)16-5-3-2-4-6-16/h2-12H,13H2,1H3,(H,20,21). The smallest absolute Gasteiger partial charge is 0.287 e. The summed E-state index contributed by atoms with van der Waals surface area (Å²) in [5.41, 5.74) is 2.08. The predicted molar refractivity (Wildman–Crippen MR) is 93.0 cm³/mol. The molecule has 25 heavy (non-hydrogen) atoms. The number of furan rings is 1. The lowest BCUT2D eigenvalue weighted by atomic mass is 10.1. The van der Waals surface area contributed by atoms with Crippen molar-refractivity contribution in [3.05, 3.63) is 83.6 Å². The third-order valence-corrected chi connectivity index (χ3v) is 5.34. The van der Waals surface area contributed by atoms with Gasteiger partial charge in [0, 0.05) is 6.54 Å². The van der Waals surface area contributed by atoms with E-state index in [0.29, 0.717) is 6.54 Å². The van der Waals surface area contributed by atoms with Crippen LogP contribution in [-0.4, -0.2) is 14.3 Å². The molecule has 0 aliphatic rings. The Balaban J connectivity index is 1.72. The molecule has 0 saturated heterocycles. The Morgan fingerprint density at radius 1 is 0.960 bits per heavy atom. The number of carbonyl (C=O) groups excluding carboxylic acids is 1. The van der Waals surface area contributed by atoms with Crippen LogP contribution in [0.2, 0.25) is 0 Å². The average Bonchev–Trinajstić information content (AvgIpc) is 3.13. The summed E-state index contributed by atoms with van der Waals surface area (Å²) in [6, 6.07) is 18.4. The number of sulfone groups is 1. The van der Waals surface area contributed by atoms with Crippen molar-refractivity contribution in [3.63, 3.8) is 0 Å². The van der Waals surface area contributed by atoms with Crippen molar-refractivity contribution >= 4 is 15.7 Å². The monoisotopic (exact) mass is 355 g/mol. The van der Waals surface area contributed by atoms with Crippen LogP contribution >= 0.6 is 0 Å². The van der Waals surface area contributed by atoms with E-state index >= 15 is 0 Å². The molecule has 0 aliphatic carbocycles. The van der Waals surface area contributed by atoms with E-state index in [2.05, 4.69) is 5.32 Å². The highest BCUT2D eigenvalue weighted by Crippen LogP contribution is 2.22. The van der Waals surface area contributed by atoms with E-state index in [9.17, 15) is 13.2 Å². The summed E-state index contributed by atoms with van der Waals surface area (Å²) in [5, 5.41) is 2.46. The first-order chi connectivity index (χ1) is 12.0. The fourth-order valence-corrected chi connectivity index (χ4v) is 3.47. The maximum absolute atomic E-state index is 12.5. The van der Waals surface area contributed by atoms with Gasteiger partial charge in [-0.15, -0.1) is 0 Å². The molecule has 3 aromatic rings. The van der Waals surface area contributed by atoms with Gasteiger partial charge in [0.2, 0.25) is 14.9 Å². The van der Waals surface area contributed by atoms with Crippen LogP contribution in [0.25, 0.3) is 0 Å². The average molecular weight is 355 g/mol. The van der Waals surface area contributed by atoms with Crippen LogP contribution in [0.3, 0.4) is 0 Å². The molecule has 0 unspecified atom stereocenters. The molecule has 1 amide bonds. The number of aryl methyl sites for hydroxylation is 1. The zero-order valence-corrected chi connectivity index (χ0v) is 14.4. The lowest BCUT2D eigenvalue weighted by Crippen LogP contribution is -2.22. The summed E-state index contributed by atoms with van der Waals surface area (Å²) in [6.45, 7) is 2.32. The van der Waals surface area contributed by atoms with Gasteiger partial charge in [-0.05, 0) is 36.8 Å². The van der Waals surface area contributed by atoms with Crippen LogP contribution in [0, 0.1) is 6.92 Å². The highest BCUT2D eigenvalue weighted by atomic mass is 32.2. The van der Waals surface area contributed by atoms with Gasteiger partial charge < -0.3 is 9.73 Å². The Labute approximate surface area is 146 Å². The molecule has 0 bridgehead atoms. The van der Waals surface area contributed by atoms with Gasteiger partial charge in [-0.25, -0.2) is 8.42 Å². The Morgan fingerprint density at radius 3 is 2.32 bits per heavy atom. The molecule has 1 heterocycles. The largest absolute Gasteiger partial charge is 0.439 e. The van der Waals surface area contributed by atoms with Crippen molar-refractivity contribution in [1.82, 2.24) is 5.32 Å². The lowest BCUT2D eigenvalue weighted by Gasteiger charge is -2.04. The fourth-order valence-electron chi connectivity index (χ4n) is 2.28. The van der Waals surface area contributed by atoms with E-state index < -0.39 is 15.7 Å². The minimum absolute atomic E-state index is 0.0402. The molecule has 0 atom stereocenters. The number of nitrogens with one attached hydrogen (secondary N) is 1. The third-order valence-electron chi connectivity index (χ3n) is 3.70. The van der Waals surface area contributed by atoms with E-state index in [1.165, 1.54) is 24.3 Å². The molecule has 1 N–H and O–H groups in total. The van der Waals surface area contributed by atoms with Crippen LogP contribution in [0.15, 0.2) is 81.1 Å². The zero-order valence-electron chi connectivity index (χ0n) is 13.6. The molecular weight excluding hydrogens is 338 g/mol. The highest BCUT2D eigenvalue weighted by Gasteiger charge is 2.23. The van der Waals surface area contributed by atoms with E-state index in [1.807, 2.05) is 31.2 Å². The van der Waals surface area contributed by atoms with Gasteiger partial charge in [-0.3, -0.25) is 4.79 Å². The van der Waals surface area contributed by atoms with E-state index in [0.717, 1.165) is 11.1 Å². The summed E-state index contributed by atoms with van der Waals surface area (Å²) in [6.07, 6.45) is 0. The Kier molecular flexibility index (Phi) is 4.72. The topological polar surface area (TPSA) is 76.4 Å². The van der Waals surface area contributed by atoms with E-state index in [4.69, 9.17) is 4.42 Å². The van der Waals surface area contributed by atoms with E-state index in [1.54, 1.807) is 18.2 Å². The van der Waals surface area contributed by atoms with Gasteiger partial charge in [0.05, 0.1) is 4.90 Å². The quantitative estimate of drug-likeness (QED) is 0.761. The first-order valence-electron chi connectivity index (χ1n) is 7.70. The number of benzene rings is 2. The molecule has 1 aromatic heterocycles. The summed E-state index contributed by atoms with van der Waals surface area (Å²) in [4.78, 5) is 12.3. The highest BCUT2D eigenvalue weighted by molar-refractivity contribution is 7.91. The van der Waals surface area contributed by atoms with Crippen LogP contribution in [-0.2, 0) is 16.4 Å². The predicted octanol–water partition coefficient (Wildman–Crippen LogP) is 3.35. The summed E-state index contributed by atoms with van der Waals surface area (Å²) in [7, 11) is -3.77. The van der Waals surface area contributed by atoms with Crippen LogP contribution in [0.1, 0.15) is 21.7 Å². The Bertz CT molecular complexity index is 974. The van der Waals surface area contributed by atoms with E-state index in [-0.39, 0.29) is 15.7 Å². The molecular formula is C19H17NO4S. The number of amides is 1. The van der Waals surface area contributed by atoms with Crippen molar-refractivity contribution in [1.29, 1.82) is 0 Å². The second-order valence-electron chi connectivity index (χ2n) is 5.60. The third kappa shape index (κ3) is 3.80. The number of hydrogen-bond donors (Lipinski definition) is 1. The van der Waals surface area contributed by atoms with Gasteiger partial charge in [0.25, 0.3) is 5.91 Å². The normalized spacial score (nSPS) is 11.2. The second kappa shape index (κ2) is 6.94. The molecule has 5 nitrogen and oxygen atoms in total. The molecule has 3 rings (SSSR count). The van der Waals surface area contributed by atoms with Crippen LogP contribution in [0.5, 0.6) is 0 Å². The van der Waals surface area contributed by atoms with Crippen molar-refractivity contribution in [3.8, 4) is 0 Å². The van der Waals surface area contributed by atoms with Gasteiger partial charge in [-0.1, -0.05) is 48.0 Å². The van der Waals surface area contributed by atoms with Crippen molar-refractivity contribution in [2.75, 3.05) is 0 Å². The number of hydrogen-bond acceptors (Lipinski definition) is 4. The maximum atomic E-state index is 12.5. The van der Waals surface area contributed by atoms with Crippen molar-refractivity contribution in [2.24, 2.45) is 0 Å². The number of carbonyl (C=O) groups is 1. The summed E-state index contributed by atoms with van der Waals surface area (Å²) in [5.74, 6) is -0.503. The minimum Gasteiger partial charge on any atom is -0.439 e. The molecule has 6 heteroatoms. The first-order valence-corrected chi connectivity index (χ1v) is 9.19. The van der Waals surface area contributed by atoms with Gasteiger partial charge in [-0.2, -0.15) is 0 Å². The Hall–Kier alpha value is -2.86. The molecule has 0 fully saturated rings. The molecule has 0 spiro atoms. The maximum Gasteiger partial charge on any atom is 0.287 e. The van der Waals surface area contributed by atoms with Crippen LogP contribution < -0.4 is 5.32 Å². The molecule has 2 aromatic carbocycles. The molecule has 0 saturated carbocycles. The molecule has 128 valence electrons. The second-order valence-corrected chi connectivity index (χ2v) is 7.48. The van der Waals surface area contributed by atoms with Gasteiger partial charge in [0.1, 0.15) is 0 Å². The number of rotatable bonds is 5. The minimum atomic E-state index is -3.77. The van der Waals surface area contributed by atoms with Gasteiger partial charge in [0.15, 0.2) is 5.76 Å². The molecule has 0 aliphatic heterocycles. The van der Waals surface area contributed by atoms with Crippen LogP contribution in [0.4, 0.5) is 0 Å². The SMILES string of the molecule is Cc1ccc(CNC(=O)c2ccc(S(=O)(=O)c3ccccc3)o2)cc1. The Morgan fingerprint density at radius 2 is 1.64 bits per heavy atom. The first kappa shape index (κ1) is 17.0. The summed E-state index contributed by atoms with van der Waals surface area (Å²) >= 11 is 0. The zero-order chi connectivity index (χ0) is 17.9. The van der Waals surface area contributed by atoms with Gasteiger partial charge >= 0.3 is 0 Å². The fraction of sp³-hybridized carbons (Fsp3) is 0.105. The lowest BCUT2D eigenvalue weighted by molar-refractivity contribution is 0.0918. The van der Waals surface area contributed by atoms with Crippen molar-refractivity contribution in [2.45, 2.75) is 23.5 Å². The molecule has 0 radical (unpaired) electrons. The van der Waals surface area contributed by atoms with Crippen molar-refractivity contribution < 1.29 is 17.6 Å².